The summed E-state index contributed by atoms with van der Waals surface area (Å²) in [7, 11) is 1.66. The Bertz CT molecular complexity index is 219. The summed E-state index contributed by atoms with van der Waals surface area (Å²) in [6.45, 7) is 8.22. The van der Waals surface area contributed by atoms with Crippen molar-refractivity contribution in [2.45, 2.75) is 45.8 Å². The highest BCUT2D eigenvalue weighted by Gasteiger charge is 2.24. The SMILES string of the molecule is CCOC(CN(CCOC)C(CC)CC)C(=O)O. The van der Waals surface area contributed by atoms with Crippen LogP contribution < -0.4 is 0 Å². The van der Waals surface area contributed by atoms with Crippen molar-refractivity contribution in [2.24, 2.45) is 0 Å². The molecule has 0 aliphatic rings. The van der Waals surface area contributed by atoms with Gasteiger partial charge in [0.2, 0.25) is 0 Å². The third-order valence-electron chi connectivity index (χ3n) is 3.09. The normalized spacial score (nSPS) is 13.2. The molecule has 0 aromatic heterocycles. The molecule has 1 N–H and O–H groups in total. The van der Waals surface area contributed by atoms with Gasteiger partial charge in [-0.15, -0.1) is 0 Å². The molecule has 0 aliphatic heterocycles. The first-order valence-electron chi connectivity index (χ1n) is 6.67. The van der Waals surface area contributed by atoms with Crippen LogP contribution in [0.5, 0.6) is 0 Å². The second-order valence-electron chi connectivity index (χ2n) is 4.24. The highest BCUT2D eigenvalue weighted by atomic mass is 16.5. The van der Waals surface area contributed by atoms with Crippen molar-refractivity contribution in [3.63, 3.8) is 0 Å². The Morgan fingerprint density at radius 2 is 1.89 bits per heavy atom. The third-order valence-corrected chi connectivity index (χ3v) is 3.09. The van der Waals surface area contributed by atoms with Gasteiger partial charge in [0.05, 0.1) is 6.61 Å². The maximum Gasteiger partial charge on any atom is 0.334 e. The fourth-order valence-corrected chi connectivity index (χ4v) is 2.05. The van der Waals surface area contributed by atoms with Crippen molar-refractivity contribution >= 4 is 5.97 Å². The van der Waals surface area contributed by atoms with Gasteiger partial charge in [-0.3, -0.25) is 4.90 Å². The van der Waals surface area contributed by atoms with E-state index in [0.29, 0.717) is 25.8 Å². The molecule has 0 bridgehead atoms. The van der Waals surface area contributed by atoms with E-state index in [4.69, 9.17) is 14.6 Å². The van der Waals surface area contributed by atoms with Crippen LogP contribution in [0.4, 0.5) is 0 Å². The molecule has 5 heteroatoms. The standard InChI is InChI=1S/C13H27NO4/c1-5-11(6-2)14(8-9-17-4)10-12(13(15)16)18-7-3/h11-12H,5-10H2,1-4H3,(H,15,16). The number of hydrogen-bond donors (Lipinski definition) is 1. The maximum absolute atomic E-state index is 11.1. The molecule has 0 spiro atoms. The summed E-state index contributed by atoms with van der Waals surface area (Å²) in [5.74, 6) is -0.898. The second-order valence-corrected chi connectivity index (χ2v) is 4.24. The number of carbonyl (C=O) groups is 1. The molecular formula is C13H27NO4. The van der Waals surface area contributed by atoms with Gasteiger partial charge in [0, 0.05) is 32.8 Å². The van der Waals surface area contributed by atoms with Crippen LogP contribution in [0.3, 0.4) is 0 Å². The van der Waals surface area contributed by atoms with E-state index in [-0.39, 0.29) is 0 Å². The minimum Gasteiger partial charge on any atom is -0.479 e. The number of carboxylic acid groups (broad SMARTS) is 1. The summed E-state index contributed by atoms with van der Waals surface area (Å²) in [5.41, 5.74) is 0. The Labute approximate surface area is 110 Å². The molecule has 0 aromatic rings. The van der Waals surface area contributed by atoms with Crippen molar-refractivity contribution in [3.8, 4) is 0 Å². The summed E-state index contributed by atoms with van der Waals surface area (Å²) in [5, 5.41) is 9.12. The molecule has 0 saturated carbocycles. The van der Waals surface area contributed by atoms with E-state index in [1.54, 1.807) is 7.11 Å². The average molecular weight is 261 g/mol. The fraction of sp³-hybridized carbons (Fsp3) is 0.923. The molecule has 1 unspecified atom stereocenters. The molecule has 0 aromatic carbocycles. The lowest BCUT2D eigenvalue weighted by Gasteiger charge is -2.32. The minimum absolute atomic E-state index is 0.377. The quantitative estimate of drug-likeness (QED) is 0.612. The molecule has 0 saturated heterocycles. The van der Waals surface area contributed by atoms with Gasteiger partial charge in [0.25, 0.3) is 0 Å². The molecule has 0 rings (SSSR count). The number of hydrogen-bond acceptors (Lipinski definition) is 4. The van der Waals surface area contributed by atoms with Crippen LogP contribution in [0.2, 0.25) is 0 Å². The summed E-state index contributed by atoms with van der Waals surface area (Å²) >= 11 is 0. The van der Waals surface area contributed by atoms with Crippen molar-refractivity contribution < 1.29 is 19.4 Å². The first-order chi connectivity index (χ1) is 8.60. The molecule has 18 heavy (non-hydrogen) atoms. The summed E-state index contributed by atoms with van der Waals surface area (Å²) in [4.78, 5) is 13.3. The Hall–Kier alpha value is -0.650. The monoisotopic (exact) mass is 261 g/mol. The summed E-state index contributed by atoms with van der Waals surface area (Å²) in [6.07, 6.45) is 1.24. The molecule has 5 nitrogen and oxygen atoms in total. The van der Waals surface area contributed by atoms with Gasteiger partial charge in [-0.1, -0.05) is 13.8 Å². The molecule has 0 radical (unpaired) electrons. The lowest BCUT2D eigenvalue weighted by atomic mass is 10.1. The Morgan fingerprint density at radius 3 is 2.28 bits per heavy atom. The van der Waals surface area contributed by atoms with Crippen LogP contribution in [0, 0.1) is 0 Å². The molecule has 0 heterocycles. The van der Waals surface area contributed by atoms with Gasteiger partial charge < -0.3 is 14.6 Å². The lowest BCUT2D eigenvalue weighted by Crippen LogP contribution is -2.45. The van der Waals surface area contributed by atoms with E-state index in [0.717, 1.165) is 19.4 Å². The number of nitrogens with zero attached hydrogens (tertiary/aromatic N) is 1. The van der Waals surface area contributed by atoms with Crippen molar-refractivity contribution in [1.29, 1.82) is 0 Å². The zero-order chi connectivity index (χ0) is 14.0. The first-order valence-corrected chi connectivity index (χ1v) is 6.67. The van der Waals surface area contributed by atoms with Crippen LogP contribution in [-0.4, -0.2) is 61.5 Å². The van der Waals surface area contributed by atoms with E-state index < -0.39 is 12.1 Å². The van der Waals surface area contributed by atoms with Gasteiger partial charge in [0.15, 0.2) is 6.10 Å². The van der Waals surface area contributed by atoms with Crippen molar-refractivity contribution in [2.75, 3.05) is 33.4 Å². The maximum atomic E-state index is 11.1. The molecule has 0 amide bonds. The number of carboxylic acids is 1. The first kappa shape index (κ1) is 17.4. The van der Waals surface area contributed by atoms with E-state index in [1.165, 1.54) is 0 Å². The van der Waals surface area contributed by atoms with Crippen LogP contribution in [0.1, 0.15) is 33.6 Å². The second kappa shape index (κ2) is 10.3. The van der Waals surface area contributed by atoms with Crippen molar-refractivity contribution in [1.82, 2.24) is 4.90 Å². The van der Waals surface area contributed by atoms with Gasteiger partial charge in [0.1, 0.15) is 0 Å². The molecule has 0 fully saturated rings. The Balaban J connectivity index is 4.56. The number of rotatable bonds is 11. The van der Waals surface area contributed by atoms with Crippen molar-refractivity contribution in [3.05, 3.63) is 0 Å². The Kier molecular flexibility index (Phi) is 9.92. The molecule has 1 atom stereocenters. The van der Waals surface area contributed by atoms with E-state index >= 15 is 0 Å². The third kappa shape index (κ3) is 6.33. The largest absolute Gasteiger partial charge is 0.479 e. The van der Waals surface area contributed by atoms with Gasteiger partial charge in [-0.25, -0.2) is 4.79 Å². The van der Waals surface area contributed by atoms with E-state index in [9.17, 15) is 4.79 Å². The fourth-order valence-electron chi connectivity index (χ4n) is 2.05. The smallest absolute Gasteiger partial charge is 0.334 e. The number of aliphatic carboxylic acids is 1. The van der Waals surface area contributed by atoms with Gasteiger partial charge in [-0.2, -0.15) is 0 Å². The highest BCUT2D eigenvalue weighted by Crippen LogP contribution is 2.10. The Morgan fingerprint density at radius 1 is 1.28 bits per heavy atom. The van der Waals surface area contributed by atoms with E-state index in [2.05, 4.69) is 18.7 Å². The minimum atomic E-state index is -0.898. The van der Waals surface area contributed by atoms with Gasteiger partial charge in [-0.05, 0) is 19.8 Å². The van der Waals surface area contributed by atoms with Crippen LogP contribution in [0.25, 0.3) is 0 Å². The summed E-state index contributed by atoms with van der Waals surface area (Å²) in [6, 6.07) is 0.377. The molecule has 108 valence electrons. The summed E-state index contributed by atoms with van der Waals surface area (Å²) < 4.78 is 10.4. The molecule has 0 aliphatic carbocycles. The predicted molar refractivity (Wildman–Crippen MR) is 70.9 cm³/mol. The van der Waals surface area contributed by atoms with Crippen LogP contribution >= 0.6 is 0 Å². The lowest BCUT2D eigenvalue weighted by molar-refractivity contribution is -0.152. The zero-order valence-corrected chi connectivity index (χ0v) is 12.0. The number of ether oxygens (including phenoxy) is 2. The molecular weight excluding hydrogens is 234 g/mol. The highest BCUT2D eigenvalue weighted by molar-refractivity contribution is 5.72. The predicted octanol–water partition coefficient (Wildman–Crippen LogP) is 1.61. The average Bonchev–Trinajstić information content (AvgIpc) is 2.35. The zero-order valence-electron chi connectivity index (χ0n) is 12.0. The van der Waals surface area contributed by atoms with Crippen LogP contribution in [0.15, 0.2) is 0 Å². The van der Waals surface area contributed by atoms with E-state index in [1.807, 2.05) is 6.92 Å². The topological polar surface area (TPSA) is 59.0 Å². The van der Waals surface area contributed by atoms with Crippen LogP contribution in [-0.2, 0) is 14.3 Å². The van der Waals surface area contributed by atoms with Gasteiger partial charge >= 0.3 is 5.97 Å². The number of methoxy groups -OCH3 is 1.